The number of hydrogen-bond donors (Lipinski definition) is 3. The van der Waals surface area contributed by atoms with Gasteiger partial charge in [0.25, 0.3) is 5.91 Å². The Balaban J connectivity index is 1.81. The van der Waals surface area contributed by atoms with E-state index in [9.17, 15) is 18.8 Å². The summed E-state index contributed by atoms with van der Waals surface area (Å²) in [6.45, 7) is 3.98. The molecule has 30 heavy (non-hydrogen) atoms. The van der Waals surface area contributed by atoms with E-state index in [0.29, 0.717) is 23.5 Å². The van der Waals surface area contributed by atoms with Crippen LogP contribution in [0.15, 0.2) is 53.6 Å². The summed E-state index contributed by atoms with van der Waals surface area (Å²) in [6, 6.07) is 12.0. The Hall–Kier alpha value is -3.75. The van der Waals surface area contributed by atoms with Crippen molar-refractivity contribution in [2.75, 3.05) is 18.5 Å². The van der Waals surface area contributed by atoms with E-state index in [1.54, 1.807) is 24.3 Å². The SMILES string of the molecule is CC(C)CNC(=O)C(=O)N/N=C\c1cccc(OCC(=O)Nc2ccc(F)cc2)c1. The molecule has 3 amide bonds. The van der Waals surface area contributed by atoms with E-state index in [-0.39, 0.29) is 12.5 Å². The van der Waals surface area contributed by atoms with Crippen LogP contribution in [0.25, 0.3) is 0 Å². The largest absolute Gasteiger partial charge is 0.484 e. The van der Waals surface area contributed by atoms with Gasteiger partial charge in [-0.2, -0.15) is 5.10 Å². The number of halogens is 1. The first kappa shape index (κ1) is 22.5. The topological polar surface area (TPSA) is 109 Å². The molecule has 0 unspecified atom stereocenters. The predicted octanol–water partition coefficient (Wildman–Crippen LogP) is 2.07. The highest BCUT2D eigenvalue weighted by Crippen LogP contribution is 2.13. The number of nitrogens with one attached hydrogen (secondary N) is 3. The van der Waals surface area contributed by atoms with Crippen molar-refractivity contribution in [3.8, 4) is 5.75 Å². The van der Waals surface area contributed by atoms with Crippen molar-refractivity contribution < 1.29 is 23.5 Å². The van der Waals surface area contributed by atoms with Gasteiger partial charge in [0.15, 0.2) is 6.61 Å². The van der Waals surface area contributed by atoms with Crippen LogP contribution in [-0.4, -0.2) is 37.1 Å². The van der Waals surface area contributed by atoms with Gasteiger partial charge in [-0.05, 0) is 47.9 Å². The molecule has 0 bridgehead atoms. The van der Waals surface area contributed by atoms with Gasteiger partial charge in [0.05, 0.1) is 6.21 Å². The molecule has 2 rings (SSSR count). The summed E-state index contributed by atoms with van der Waals surface area (Å²) in [5.41, 5.74) is 3.19. The van der Waals surface area contributed by atoms with Crippen LogP contribution in [0.4, 0.5) is 10.1 Å². The standard InChI is InChI=1S/C21H23FN4O4/c1-14(2)11-23-20(28)21(29)26-24-12-15-4-3-5-18(10-15)30-13-19(27)25-17-8-6-16(22)7-9-17/h3-10,12,14H,11,13H2,1-2H3,(H,23,28)(H,25,27)(H,26,29)/b24-12-. The zero-order chi connectivity index (χ0) is 21.9. The van der Waals surface area contributed by atoms with Crippen LogP contribution in [0, 0.1) is 11.7 Å². The Kier molecular flexibility index (Phi) is 8.49. The third-order valence-corrected chi connectivity index (χ3v) is 3.61. The van der Waals surface area contributed by atoms with Crippen LogP contribution in [0.5, 0.6) is 5.75 Å². The molecule has 9 heteroatoms. The number of carbonyl (C=O) groups excluding carboxylic acids is 3. The molecule has 0 saturated heterocycles. The molecule has 0 aliphatic rings. The van der Waals surface area contributed by atoms with Crippen molar-refractivity contribution in [1.82, 2.24) is 10.7 Å². The molecule has 158 valence electrons. The zero-order valence-electron chi connectivity index (χ0n) is 16.6. The molecule has 0 heterocycles. The lowest BCUT2D eigenvalue weighted by atomic mass is 10.2. The van der Waals surface area contributed by atoms with E-state index in [1.165, 1.54) is 30.5 Å². The van der Waals surface area contributed by atoms with Gasteiger partial charge in [-0.25, -0.2) is 9.82 Å². The molecule has 2 aromatic rings. The van der Waals surface area contributed by atoms with Crippen molar-refractivity contribution in [3.05, 3.63) is 59.9 Å². The van der Waals surface area contributed by atoms with E-state index in [1.807, 2.05) is 13.8 Å². The summed E-state index contributed by atoms with van der Waals surface area (Å²) >= 11 is 0. The Labute approximate surface area is 173 Å². The maximum atomic E-state index is 12.9. The minimum atomic E-state index is -0.864. The molecule has 0 radical (unpaired) electrons. The van der Waals surface area contributed by atoms with Crippen LogP contribution < -0.4 is 20.8 Å². The first-order valence-electron chi connectivity index (χ1n) is 9.23. The Morgan fingerprint density at radius 3 is 2.53 bits per heavy atom. The van der Waals surface area contributed by atoms with Crippen LogP contribution in [-0.2, 0) is 14.4 Å². The quantitative estimate of drug-likeness (QED) is 0.349. The average molecular weight is 414 g/mol. The first-order chi connectivity index (χ1) is 14.3. The molecule has 0 aliphatic carbocycles. The van der Waals surface area contributed by atoms with Crippen molar-refractivity contribution in [2.24, 2.45) is 11.0 Å². The number of benzene rings is 2. The van der Waals surface area contributed by atoms with Crippen molar-refractivity contribution in [3.63, 3.8) is 0 Å². The van der Waals surface area contributed by atoms with Gasteiger partial charge in [-0.15, -0.1) is 0 Å². The Bertz CT molecular complexity index is 913. The second-order valence-electron chi connectivity index (χ2n) is 6.72. The molecular weight excluding hydrogens is 391 g/mol. The first-order valence-corrected chi connectivity index (χ1v) is 9.23. The number of anilines is 1. The second-order valence-corrected chi connectivity index (χ2v) is 6.72. The highest BCUT2D eigenvalue weighted by molar-refractivity contribution is 6.35. The lowest BCUT2D eigenvalue weighted by Gasteiger charge is -2.08. The molecule has 2 aromatic carbocycles. The maximum Gasteiger partial charge on any atom is 0.329 e. The van der Waals surface area contributed by atoms with Gasteiger partial charge in [0.2, 0.25) is 0 Å². The van der Waals surface area contributed by atoms with Crippen LogP contribution in [0.1, 0.15) is 19.4 Å². The second kappa shape index (κ2) is 11.3. The molecule has 0 fully saturated rings. The number of carbonyl (C=O) groups is 3. The summed E-state index contributed by atoms with van der Waals surface area (Å²) in [5.74, 6) is -1.78. The smallest absolute Gasteiger partial charge is 0.329 e. The molecule has 0 saturated carbocycles. The summed E-state index contributed by atoms with van der Waals surface area (Å²) in [6.07, 6.45) is 1.35. The van der Waals surface area contributed by atoms with Gasteiger partial charge in [0.1, 0.15) is 11.6 Å². The fourth-order valence-electron chi connectivity index (χ4n) is 2.16. The van der Waals surface area contributed by atoms with Crippen LogP contribution in [0.3, 0.4) is 0 Å². The molecule has 0 aromatic heterocycles. The Morgan fingerprint density at radius 1 is 1.10 bits per heavy atom. The van der Waals surface area contributed by atoms with Gasteiger partial charge in [0, 0.05) is 12.2 Å². The molecular formula is C21H23FN4O4. The van der Waals surface area contributed by atoms with E-state index in [4.69, 9.17) is 4.74 Å². The summed E-state index contributed by atoms with van der Waals surface area (Å²) in [4.78, 5) is 35.1. The lowest BCUT2D eigenvalue weighted by Crippen LogP contribution is -2.39. The van der Waals surface area contributed by atoms with Crippen molar-refractivity contribution >= 4 is 29.6 Å². The number of amides is 3. The number of hydrazone groups is 1. The third kappa shape index (κ3) is 8.09. The molecule has 8 nitrogen and oxygen atoms in total. The third-order valence-electron chi connectivity index (χ3n) is 3.61. The molecule has 0 atom stereocenters. The normalized spacial score (nSPS) is 10.7. The highest BCUT2D eigenvalue weighted by atomic mass is 19.1. The monoisotopic (exact) mass is 414 g/mol. The number of hydrogen-bond acceptors (Lipinski definition) is 5. The average Bonchev–Trinajstić information content (AvgIpc) is 2.72. The molecule has 3 N–H and O–H groups in total. The predicted molar refractivity (Wildman–Crippen MR) is 111 cm³/mol. The highest BCUT2D eigenvalue weighted by Gasteiger charge is 2.12. The summed E-state index contributed by atoms with van der Waals surface area (Å²) < 4.78 is 18.3. The van der Waals surface area contributed by atoms with Gasteiger partial charge >= 0.3 is 11.8 Å². The van der Waals surface area contributed by atoms with Gasteiger partial charge < -0.3 is 15.4 Å². The van der Waals surface area contributed by atoms with Crippen molar-refractivity contribution in [2.45, 2.75) is 13.8 Å². The number of ether oxygens (including phenoxy) is 1. The van der Waals surface area contributed by atoms with Gasteiger partial charge in [-0.3, -0.25) is 14.4 Å². The fraction of sp³-hybridized carbons (Fsp3) is 0.238. The Morgan fingerprint density at radius 2 is 1.83 bits per heavy atom. The van der Waals surface area contributed by atoms with E-state index in [0.717, 1.165) is 0 Å². The lowest BCUT2D eigenvalue weighted by molar-refractivity contribution is -0.139. The van der Waals surface area contributed by atoms with E-state index in [2.05, 4.69) is 21.2 Å². The van der Waals surface area contributed by atoms with E-state index >= 15 is 0 Å². The van der Waals surface area contributed by atoms with Crippen LogP contribution >= 0.6 is 0 Å². The van der Waals surface area contributed by atoms with Crippen LogP contribution in [0.2, 0.25) is 0 Å². The summed E-state index contributed by atoms with van der Waals surface area (Å²) in [5, 5.41) is 8.81. The van der Waals surface area contributed by atoms with Gasteiger partial charge in [-0.1, -0.05) is 26.0 Å². The van der Waals surface area contributed by atoms with E-state index < -0.39 is 23.5 Å². The van der Waals surface area contributed by atoms with Crippen molar-refractivity contribution in [1.29, 1.82) is 0 Å². The number of rotatable bonds is 8. The fourth-order valence-corrected chi connectivity index (χ4v) is 2.16. The maximum absolute atomic E-state index is 12.9. The zero-order valence-corrected chi connectivity index (χ0v) is 16.6. The molecule has 0 spiro atoms. The minimum absolute atomic E-state index is 0.228. The molecule has 0 aliphatic heterocycles. The summed E-state index contributed by atoms with van der Waals surface area (Å²) in [7, 11) is 0. The number of nitrogens with zero attached hydrogens (tertiary/aromatic N) is 1. The minimum Gasteiger partial charge on any atom is -0.484 e.